The lowest BCUT2D eigenvalue weighted by Crippen LogP contribution is -2.16. The molecule has 1 amide bonds. The molecular formula is C25H22N4O3S. The number of carboxylic acid groups (broad SMARTS) is 1. The normalized spacial score (nSPS) is 10.7. The van der Waals surface area contributed by atoms with Crippen LogP contribution in [-0.4, -0.2) is 37.5 Å². The number of aromatic nitrogens is 3. The molecule has 1 heterocycles. The molecule has 0 aliphatic rings. The number of anilines is 1. The Bertz CT molecular complexity index is 1270. The third-order valence-corrected chi connectivity index (χ3v) is 5.83. The number of hydrogen-bond acceptors (Lipinski definition) is 5. The van der Waals surface area contributed by atoms with Crippen LogP contribution in [0.3, 0.4) is 0 Å². The number of nitrogens with zero attached hydrogens (tertiary/aromatic N) is 3. The van der Waals surface area contributed by atoms with Gasteiger partial charge in [0.05, 0.1) is 17.7 Å². The number of carbonyl (C=O) groups is 2. The predicted octanol–water partition coefficient (Wildman–Crippen LogP) is 5.06. The lowest BCUT2D eigenvalue weighted by atomic mass is 10.1. The zero-order valence-electron chi connectivity index (χ0n) is 17.9. The topological polar surface area (TPSA) is 97.1 Å². The summed E-state index contributed by atoms with van der Waals surface area (Å²) in [5, 5.41) is 21.7. The van der Waals surface area contributed by atoms with Crippen LogP contribution >= 0.6 is 11.8 Å². The number of nitrogens with one attached hydrogen (secondary N) is 1. The molecule has 0 atom stereocenters. The van der Waals surface area contributed by atoms with Gasteiger partial charge in [0.15, 0.2) is 11.0 Å². The van der Waals surface area contributed by atoms with Crippen LogP contribution < -0.4 is 5.32 Å². The number of carbonyl (C=O) groups excluding carboxylic acids is 1. The Kier molecular flexibility index (Phi) is 6.85. The second-order valence-corrected chi connectivity index (χ2v) is 8.42. The molecule has 4 aromatic rings. The van der Waals surface area contributed by atoms with E-state index in [1.807, 2.05) is 42.5 Å². The highest BCUT2D eigenvalue weighted by Gasteiger charge is 2.17. The third kappa shape index (κ3) is 5.12. The summed E-state index contributed by atoms with van der Waals surface area (Å²) in [5.74, 6) is 0.0807. The van der Waals surface area contributed by atoms with Crippen LogP contribution in [0.25, 0.3) is 11.4 Å². The largest absolute Gasteiger partial charge is 0.478 e. The Morgan fingerprint density at radius 1 is 0.909 bits per heavy atom. The maximum Gasteiger partial charge on any atom is 0.336 e. The van der Waals surface area contributed by atoms with Crippen molar-refractivity contribution in [3.63, 3.8) is 0 Å². The quantitative estimate of drug-likeness (QED) is 0.359. The van der Waals surface area contributed by atoms with E-state index >= 15 is 0 Å². The summed E-state index contributed by atoms with van der Waals surface area (Å²) in [6, 6.07) is 23.5. The molecule has 0 fully saturated rings. The lowest BCUT2D eigenvalue weighted by molar-refractivity contribution is 0.0692. The SMILES string of the molecule is CCSc1nnc(-c2ccccc2)n1Cc1ccc(NC(=O)c2ccccc2C(=O)O)cc1. The minimum Gasteiger partial charge on any atom is -0.478 e. The van der Waals surface area contributed by atoms with Crippen molar-refractivity contribution >= 4 is 29.3 Å². The molecule has 0 saturated heterocycles. The van der Waals surface area contributed by atoms with Gasteiger partial charge >= 0.3 is 5.97 Å². The van der Waals surface area contributed by atoms with Gasteiger partial charge in [-0.1, -0.05) is 73.3 Å². The number of hydrogen-bond donors (Lipinski definition) is 2. The van der Waals surface area contributed by atoms with Gasteiger partial charge in [0.2, 0.25) is 0 Å². The minimum absolute atomic E-state index is 0.0337. The molecule has 3 aromatic carbocycles. The molecule has 0 aliphatic heterocycles. The highest BCUT2D eigenvalue weighted by molar-refractivity contribution is 7.99. The molecule has 0 unspecified atom stereocenters. The predicted molar refractivity (Wildman–Crippen MR) is 129 cm³/mol. The summed E-state index contributed by atoms with van der Waals surface area (Å²) in [5.41, 5.74) is 2.68. The van der Waals surface area contributed by atoms with E-state index in [9.17, 15) is 14.7 Å². The van der Waals surface area contributed by atoms with Crippen LogP contribution in [0.15, 0.2) is 84.0 Å². The average molecular weight is 459 g/mol. The fourth-order valence-corrected chi connectivity index (χ4v) is 4.07. The average Bonchev–Trinajstić information content (AvgIpc) is 3.23. The van der Waals surface area contributed by atoms with Gasteiger partial charge in [-0.25, -0.2) is 4.79 Å². The van der Waals surface area contributed by atoms with Crippen LogP contribution in [0, 0.1) is 0 Å². The smallest absolute Gasteiger partial charge is 0.336 e. The van der Waals surface area contributed by atoms with Gasteiger partial charge in [-0.3, -0.25) is 9.36 Å². The maximum atomic E-state index is 12.6. The Morgan fingerprint density at radius 3 is 2.24 bits per heavy atom. The second kappa shape index (κ2) is 10.1. The Morgan fingerprint density at radius 2 is 1.58 bits per heavy atom. The van der Waals surface area contributed by atoms with Crippen LogP contribution in [0.5, 0.6) is 0 Å². The summed E-state index contributed by atoms with van der Waals surface area (Å²) < 4.78 is 2.08. The summed E-state index contributed by atoms with van der Waals surface area (Å²) in [4.78, 5) is 24.0. The number of benzene rings is 3. The third-order valence-electron chi connectivity index (χ3n) is 4.98. The van der Waals surface area contributed by atoms with Gasteiger partial charge < -0.3 is 10.4 Å². The van der Waals surface area contributed by atoms with Gasteiger partial charge in [-0.05, 0) is 35.6 Å². The molecule has 7 nitrogen and oxygen atoms in total. The first kappa shape index (κ1) is 22.3. The van der Waals surface area contributed by atoms with E-state index in [2.05, 4.69) is 27.0 Å². The highest BCUT2D eigenvalue weighted by Crippen LogP contribution is 2.25. The molecule has 0 aliphatic carbocycles. The molecule has 0 radical (unpaired) electrons. The van der Waals surface area contributed by atoms with E-state index in [0.29, 0.717) is 12.2 Å². The van der Waals surface area contributed by atoms with E-state index < -0.39 is 11.9 Å². The van der Waals surface area contributed by atoms with Gasteiger partial charge in [-0.15, -0.1) is 10.2 Å². The summed E-state index contributed by atoms with van der Waals surface area (Å²) in [6.07, 6.45) is 0. The van der Waals surface area contributed by atoms with Gasteiger partial charge in [-0.2, -0.15) is 0 Å². The molecule has 33 heavy (non-hydrogen) atoms. The fraction of sp³-hybridized carbons (Fsp3) is 0.120. The van der Waals surface area contributed by atoms with Crippen LogP contribution in [-0.2, 0) is 6.54 Å². The van der Waals surface area contributed by atoms with Crippen molar-refractivity contribution < 1.29 is 14.7 Å². The summed E-state index contributed by atoms with van der Waals surface area (Å²) >= 11 is 1.63. The van der Waals surface area contributed by atoms with Crippen molar-refractivity contribution in [1.82, 2.24) is 14.8 Å². The molecule has 0 bridgehead atoms. The minimum atomic E-state index is -1.14. The van der Waals surface area contributed by atoms with Gasteiger partial charge in [0.25, 0.3) is 5.91 Å². The zero-order chi connectivity index (χ0) is 23.2. The number of amides is 1. The monoisotopic (exact) mass is 458 g/mol. The van der Waals surface area contributed by atoms with E-state index in [0.717, 1.165) is 27.9 Å². The van der Waals surface area contributed by atoms with E-state index in [-0.39, 0.29) is 11.1 Å². The molecule has 0 spiro atoms. The fourth-order valence-electron chi connectivity index (χ4n) is 3.41. The number of carboxylic acids is 1. The number of aromatic carboxylic acids is 1. The van der Waals surface area contributed by atoms with Gasteiger partial charge in [0.1, 0.15) is 0 Å². The molecule has 2 N–H and O–H groups in total. The first-order valence-electron chi connectivity index (χ1n) is 10.4. The molecule has 1 aromatic heterocycles. The highest BCUT2D eigenvalue weighted by atomic mass is 32.2. The maximum absolute atomic E-state index is 12.6. The zero-order valence-corrected chi connectivity index (χ0v) is 18.7. The Balaban J connectivity index is 1.54. The molecule has 166 valence electrons. The Labute approximate surface area is 195 Å². The number of thioether (sulfide) groups is 1. The van der Waals surface area contributed by atoms with Crippen molar-refractivity contribution in [2.45, 2.75) is 18.6 Å². The summed E-state index contributed by atoms with van der Waals surface area (Å²) in [6.45, 7) is 2.65. The van der Waals surface area contributed by atoms with Crippen LogP contribution in [0.2, 0.25) is 0 Å². The Hall–Kier alpha value is -3.91. The van der Waals surface area contributed by atoms with Crippen LogP contribution in [0.4, 0.5) is 5.69 Å². The molecule has 8 heteroatoms. The second-order valence-electron chi connectivity index (χ2n) is 7.19. The molecule has 0 saturated carbocycles. The van der Waals surface area contributed by atoms with Gasteiger partial charge in [0, 0.05) is 11.3 Å². The first-order chi connectivity index (χ1) is 16.1. The first-order valence-corrected chi connectivity index (χ1v) is 11.4. The van der Waals surface area contributed by atoms with E-state index in [4.69, 9.17) is 0 Å². The van der Waals surface area contributed by atoms with E-state index in [1.54, 1.807) is 36.0 Å². The van der Waals surface area contributed by atoms with Crippen molar-refractivity contribution in [3.8, 4) is 11.4 Å². The summed E-state index contributed by atoms with van der Waals surface area (Å²) in [7, 11) is 0. The van der Waals surface area contributed by atoms with E-state index in [1.165, 1.54) is 12.1 Å². The number of rotatable bonds is 8. The van der Waals surface area contributed by atoms with Crippen LogP contribution in [0.1, 0.15) is 33.2 Å². The van der Waals surface area contributed by atoms with Crippen molar-refractivity contribution in [2.75, 3.05) is 11.1 Å². The van der Waals surface area contributed by atoms with Crippen molar-refractivity contribution in [3.05, 3.63) is 95.6 Å². The molecule has 4 rings (SSSR count). The standard InChI is InChI=1S/C25H22N4O3S/c1-2-33-25-28-27-22(18-8-4-3-5-9-18)29(25)16-17-12-14-19(15-13-17)26-23(30)20-10-6-7-11-21(20)24(31)32/h3-15H,2,16H2,1H3,(H,26,30)(H,31,32). The van der Waals surface area contributed by atoms with Crippen molar-refractivity contribution in [1.29, 1.82) is 0 Å². The molecular weight excluding hydrogens is 436 g/mol. The van der Waals surface area contributed by atoms with Crippen molar-refractivity contribution in [2.24, 2.45) is 0 Å². The lowest BCUT2D eigenvalue weighted by Gasteiger charge is -2.11.